The highest BCUT2D eigenvalue weighted by Gasteiger charge is 2.28. The summed E-state index contributed by atoms with van der Waals surface area (Å²) in [6, 6.07) is 11.4. The van der Waals surface area contributed by atoms with E-state index in [0.717, 1.165) is 24.2 Å². The van der Waals surface area contributed by atoms with Crippen LogP contribution in [0.3, 0.4) is 0 Å². The van der Waals surface area contributed by atoms with E-state index < -0.39 is 0 Å². The molecule has 32 heavy (non-hydrogen) atoms. The third-order valence-electron chi connectivity index (χ3n) is 5.79. The highest BCUT2D eigenvalue weighted by molar-refractivity contribution is 5.79. The Balaban J connectivity index is 1.46. The number of aromatic nitrogens is 3. The van der Waals surface area contributed by atoms with Crippen LogP contribution in [0.4, 0.5) is 5.82 Å². The molecule has 8 nitrogen and oxygen atoms in total. The number of anilines is 1. The van der Waals surface area contributed by atoms with Crippen LogP contribution in [0.15, 0.2) is 47.4 Å². The fourth-order valence-electron chi connectivity index (χ4n) is 4.15. The van der Waals surface area contributed by atoms with Crippen LogP contribution in [-0.4, -0.2) is 40.1 Å². The van der Waals surface area contributed by atoms with Crippen LogP contribution in [0.2, 0.25) is 0 Å². The summed E-state index contributed by atoms with van der Waals surface area (Å²) >= 11 is 0. The summed E-state index contributed by atoms with van der Waals surface area (Å²) in [5.41, 5.74) is 2.13. The summed E-state index contributed by atoms with van der Waals surface area (Å²) in [4.78, 5) is 36.8. The van der Waals surface area contributed by atoms with E-state index in [1.54, 1.807) is 10.8 Å². The number of aryl methyl sites for hydroxylation is 1. The molecular weight excluding hydrogens is 406 g/mol. The van der Waals surface area contributed by atoms with E-state index in [0.29, 0.717) is 49.8 Å². The lowest BCUT2D eigenvalue weighted by atomic mass is 9.97. The maximum atomic E-state index is 13.1. The lowest BCUT2D eigenvalue weighted by Gasteiger charge is -2.32. The number of amides is 1. The molecule has 3 heterocycles. The minimum Gasteiger partial charge on any atom is -0.494 e. The number of ether oxygens (including phenoxy) is 1. The molecule has 1 saturated heterocycles. The normalized spacial score (nSPS) is 16.2. The molecule has 0 radical (unpaired) electrons. The Kier molecular flexibility index (Phi) is 6.68. The average Bonchev–Trinajstić information content (AvgIpc) is 2.83. The zero-order valence-corrected chi connectivity index (χ0v) is 18.6. The SMILES string of the molecule is CCOc1ccc(CNC(=O)[C@@H]2CCCN(c3nc4cccnc4n(CC)c3=O)C2)cc1. The first-order valence-electron chi connectivity index (χ1n) is 11.2. The van der Waals surface area contributed by atoms with Crippen molar-refractivity contribution in [3.8, 4) is 5.75 Å². The van der Waals surface area contributed by atoms with Gasteiger partial charge >= 0.3 is 0 Å². The van der Waals surface area contributed by atoms with Gasteiger partial charge in [-0.2, -0.15) is 0 Å². The highest BCUT2D eigenvalue weighted by atomic mass is 16.5. The van der Waals surface area contributed by atoms with Crippen molar-refractivity contribution in [1.82, 2.24) is 19.9 Å². The summed E-state index contributed by atoms with van der Waals surface area (Å²) in [5, 5.41) is 3.04. The van der Waals surface area contributed by atoms with Crippen molar-refractivity contribution < 1.29 is 9.53 Å². The minimum absolute atomic E-state index is 0.00172. The molecular formula is C24H29N5O3. The van der Waals surface area contributed by atoms with E-state index in [2.05, 4.69) is 15.3 Å². The summed E-state index contributed by atoms with van der Waals surface area (Å²) in [6.45, 7) is 6.66. The third-order valence-corrected chi connectivity index (χ3v) is 5.79. The molecule has 4 rings (SSSR count). The van der Waals surface area contributed by atoms with Crippen LogP contribution in [-0.2, 0) is 17.9 Å². The number of benzene rings is 1. The van der Waals surface area contributed by atoms with Crippen molar-refractivity contribution in [2.24, 2.45) is 5.92 Å². The number of nitrogens with zero attached hydrogens (tertiary/aromatic N) is 4. The van der Waals surface area contributed by atoms with Gasteiger partial charge in [0.2, 0.25) is 5.91 Å². The Morgan fingerprint density at radius 3 is 2.78 bits per heavy atom. The average molecular weight is 436 g/mol. The lowest BCUT2D eigenvalue weighted by Crippen LogP contribution is -2.45. The van der Waals surface area contributed by atoms with Crippen molar-refractivity contribution in [3.63, 3.8) is 0 Å². The van der Waals surface area contributed by atoms with Gasteiger partial charge in [-0.3, -0.25) is 14.2 Å². The van der Waals surface area contributed by atoms with Gasteiger partial charge in [-0.1, -0.05) is 12.1 Å². The van der Waals surface area contributed by atoms with Crippen LogP contribution >= 0.6 is 0 Å². The number of fused-ring (bicyclic) bond motifs is 1. The van der Waals surface area contributed by atoms with E-state index in [9.17, 15) is 9.59 Å². The van der Waals surface area contributed by atoms with Gasteiger partial charge in [0.15, 0.2) is 11.5 Å². The predicted molar refractivity (Wildman–Crippen MR) is 124 cm³/mol. The van der Waals surface area contributed by atoms with Gasteiger partial charge in [-0.25, -0.2) is 9.97 Å². The van der Waals surface area contributed by atoms with Gasteiger partial charge in [0.25, 0.3) is 5.56 Å². The lowest BCUT2D eigenvalue weighted by molar-refractivity contribution is -0.125. The first-order valence-corrected chi connectivity index (χ1v) is 11.2. The molecule has 168 valence electrons. The summed E-state index contributed by atoms with van der Waals surface area (Å²) in [7, 11) is 0. The highest BCUT2D eigenvalue weighted by Crippen LogP contribution is 2.22. The first kappa shape index (κ1) is 21.8. The molecule has 0 unspecified atom stereocenters. The third kappa shape index (κ3) is 4.59. The van der Waals surface area contributed by atoms with Crippen molar-refractivity contribution in [3.05, 3.63) is 58.5 Å². The Bertz CT molecular complexity index is 1140. The number of hydrogen-bond donors (Lipinski definition) is 1. The smallest absolute Gasteiger partial charge is 0.295 e. The van der Waals surface area contributed by atoms with E-state index in [-0.39, 0.29) is 17.4 Å². The fourth-order valence-corrected chi connectivity index (χ4v) is 4.15. The summed E-state index contributed by atoms with van der Waals surface area (Å²) in [5.74, 6) is 1.03. The number of carbonyl (C=O) groups is 1. The van der Waals surface area contributed by atoms with Gasteiger partial charge in [0.1, 0.15) is 11.3 Å². The molecule has 1 N–H and O–H groups in total. The van der Waals surface area contributed by atoms with Crippen molar-refractivity contribution in [2.45, 2.75) is 39.8 Å². The molecule has 0 aliphatic carbocycles. The quantitative estimate of drug-likeness (QED) is 0.614. The van der Waals surface area contributed by atoms with Gasteiger partial charge in [0.05, 0.1) is 12.5 Å². The van der Waals surface area contributed by atoms with E-state index in [4.69, 9.17) is 4.74 Å². The van der Waals surface area contributed by atoms with Crippen molar-refractivity contribution in [2.75, 3.05) is 24.6 Å². The number of hydrogen-bond acceptors (Lipinski definition) is 6. The van der Waals surface area contributed by atoms with Crippen molar-refractivity contribution in [1.29, 1.82) is 0 Å². The topological polar surface area (TPSA) is 89.3 Å². The molecule has 3 aromatic rings. The second-order valence-corrected chi connectivity index (χ2v) is 7.91. The predicted octanol–water partition coefficient (Wildman–Crippen LogP) is 2.74. The first-order chi connectivity index (χ1) is 15.6. The number of nitrogens with one attached hydrogen (secondary N) is 1. The van der Waals surface area contributed by atoms with Crippen LogP contribution in [0.25, 0.3) is 11.2 Å². The second kappa shape index (κ2) is 9.80. The van der Waals surface area contributed by atoms with Crippen LogP contribution in [0, 0.1) is 5.92 Å². The Morgan fingerprint density at radius 1 is 1.22 bits per heavy atom. The number of carbonyl (C=O) groups excluding carboxylic acids is 1. The van der Waals surface area contributed by atoms with Crippen LogP contribution < -0.4 is 20.5 Å². The molecule has 1 atom stereocenters. The van der Waals surface area contributed by atoms with Crippen molar-refractivity contribution >= 4 is 22.9 Å². The Morgan fingerprint density at radius 2 is 2.03 bits per heavy atom. The second-order valence-electron chi connectivity index (χ2n) is 7.91. The van der Waals surface area contributed by atoms with Gasteiger partial charge in [-0.15, -0.1) is 0 Å². The van der Waals surface area contributed by atoms with Gasteiger partial charge in [0, 0.05) is 32.4 Å². The number of pyridine rings is 1. The maximum Gasteiger partial charge on any atom is 0.295 e. The summed E-state index contributed by atoms with van der Waals surface area (Å²) < 4.78 is 7.10. The molecule has 0 spiro atoms. The largest absolute Gasteiger partial charge is 0.494 e. The molecule has 1 amide bonds. The van der Waals surface area contributed by atoms with E-state index >= 15 is 0 Å². The molecule has 0 bridgehead atoms. The molecule has 1 aliphatic heterocycles. The van der Waals surface area contributed by atoms with Gasteiger partial charge in [-0.05, 0) is 56.5 Å². The zero-order valence-electron chi connectivity index (χ0n) is 18.6. The molecule has 1 aliphatic rings. The number of rotatable bonds is 7. The Labute approximate surface area is 187 Å². The molecule has 1 fully saturated rings. The van der Waals surface area contributed by atoms with E-state index in [1.807, 2.05) is 55.1 Å². The monoisotopic (exact) mass is 435 g/mol. The van der Waals surface area contributed by atoms with Crippen LogP contribution in [0.5, 0.6) is 5.75 Å². The number of piperidine rings is 1. The molecule has 0 saturated carbocycles. The van der Waals surface area contributed by atoms with E-state index in [1.165, 1.54) is 0 Å². The molecule has 1 aromatic carbocycles. The minimum atomic E-state index is -0.188. The summed E-state index contributed by atoms with van der Waals surface area (Å²) in [6.07, 6.45) is 3.29. The Hall–Kier alpha value is -3.42. The molecule has 8 heteroatoms. The molecule has 2 aromatic heterocycles. The standard InChI is InChI=1S/C24H29N5O3/c1-3-29-21-20(8-5-13-25-21)27-22(24(29)31)28-14-6-7-18(16-28)23(30)26-15-17-9-11-19(12-10-17)32-4-2/h5,8-13,18H,3-4,6-7,14-16H2,1-2H3,(H,26,30)/t18-/m1/s1. The maximum absolute atomic E-state index is 13.1. The fraction of sp³-hybridized carbons (Fsp3) is 0.417. The van der Waals surface area contributed by atoms with Crippen LogP contribution in [0.1, 0.15) is 32.3 Å². The van der Waals surface area contributed by atoms with Gasteiger partial charge < -0.3 is 15.0 Å². The zero-order chi connectivity index (χ0) is 22.5.